The molecule has 2 aromatic rings. The van der Waals surface area contributed by atoms with Crippen LogP contribution in [0.15, 0.2) is 28.7 Å². The van der Waals surface area contributed by atoms with E-state index in [1.54, 1.807) is 18.2 Å². The number of hydrogen-bond donors (Lipinski definition) is 1. The highest BCUT2D eigenvalue weighted by Crippen LogP contribution is 2.23. The third-order valence-corrected chi connectivity index (χ3v) is 3.48. The van der Waals surface area contributed by atoms with Crippen LogP contribution < -0.4 is 5.32 Å². The Morgan fingerprint density at radius 3 is 2.88 bits per heavy atom. The van der Waals surface area contributed by atoms with Gasteiger partial charge in [-0.2, -0.15) is 0 Å². The molecule has 1 saturated carbocycles. The first-order valence-electron chi connectivity index (χ1n) is 6.23. The van der Waals surface area contributed by atoms with E-state index in [-0.39, 0.29) is 5.82 Å². The van der Waals surface area contributed by atoms with Crippen LogP contribution >= 0.6 is 0 Å². The number of benzene rings is 1. The van der Waals surface area contributed by atoms with E-state index >= 15 is 0 Å². The van der Waals surface area contributed by atoms with Crippen LogP contribution in [0.2, 0.25) is 0 Å². The summed E-state index contributed by atoms with van der Waals surface area (Å²) in [4.78, 5) is 0. The van der Waals surface area contributed by atoms with E-state index in [0.29, 0.717) is 23.6 Å². The minimum absolute atomic E-state index is 0.210. The molecule has 0 saturated heterocycles. The summed E-state index contributed by atoms with van der Waals surface area (Å²) in [5.74, 6) is 0.607. The Bertz CT molecular complexity index is 514. The number of halogens is 1. The van der Waals surface area contributed by atoms with Crippen molar-refractivity contribution in [1.29, 1.82) is 0 Å². The maximum atomic E-state index is 13.5. The largest absolute Gasteiger partial charge is 0.460 e. The number of nitrogens with one attached hydrogen (secondary N) is 1. The molecule has 1 aliphatic rings. The molecule has 1 aromatic carbocycles. The predicted molar refractivity (Wildman–Crippen MR) is 65.3 cm³/mol. The highest BCUT2D eigenvalue weighted by molar-refractivity contribution is 5.78. The van der Waals surface area contributed by atoms with Gasteiger partial charge in [0.2, 0.25) is 0 Å². The first kappa shape index (κ1) is 10.8. The van der Waals surface area contributed by atoms with Crippen molar-refractivity contribution in [3.05, 3.63) is 35.8 Å². The number of hydrogen-bond acceptors (Lipinski definition) is 2. The molecule has 1 heterocycles. The number of furan rings is 1. The molecule has 0 spiro atoms. The second-order valence-electron chi connectivity index (χ2n) is 4.73. The molecule has 3 rings (SSSR count). The summed E-state index contributed by atoms with van der Waals surface area (Å²) in [6.45, 7) is 0.693. The van der Waals surface area contributed by atoms with Crippen LogP contribution in [-0.4, -0.2) is 6.04 Å². The Hall–Kier alpha value is -1.35. The van der Waals surface area contributed by atoms with E-state index < -0.39 is 0 Å². The second kappa shape index (κ2) is 4.49. The van der Waals surface area contributed by atoms with Gasteiger partial charge in [0.05, 0.1) is 11.9 Å². The molecule has 0 bridgehead atoms. The molecule has 0 atom stereocenters. The number of rotatable bonds is 3. The van der Waals surface area contributed by atoms with Crippen LogP contribution in [0.4, 0.5) is 4.39 Å². The Morgan fingerprint density at radius 2 is 2.12 bits per heavy atom. The van der Waals surface area contributed by atoms with Gasteiger partial charge in [-0.25, -0.2) is 4.39 Å². The molecule has 1 aliphatic carbocycles. The third-order valence-electron chi connectivity index (χ3n) is 3.48. The lowest BCUT2D eigenvalue weighted by Gasteiger charge is -2.09. The van der Waals surface area contributed by atoms with Crippen LogP contribution in [-0.2, 0) is 6.54 Å². The quantitative estimate of drug-likeness (QED) is 0.876. The topological polar surface area (TPSA) is 25.2 Å². The first-order valence-corrected chi connectivity index (χ1v) is 6.23. The second-order valence-corrected chi connectivity index (χ2v) is 4.73. The van der Waals surface area contributed by atoms with Gasteiger partial charge in [-0.05, 0) is 31.0 Å². The van der Waals surface area contributed by atoms with Crippen molar-refractivity contribution < 1.29 is 8.81 Å². The lowest BCUT2D eigenvalue weighted by atomic mass is 10.2. The fraction of sp³-hybridized carbons (Fsp3) is 0.429. The molecule has 0 aliphatic heterocycles. The van der Waals surface area contributed by atoms with Gasteiger partial charge in [0.25, 0.3) is 0 Å². The average Bonchev–Trinajstić information content (AvgIpc) is 2.95. The van der Waals surface area contributed by atoms with Crippen LogP contribution in [0.1, 0.15) is 31.4 Å². The van der Waals surface area contributed by atoms with Gasteiger partial charge >= 0.3 is 0 Å². The van der Waals surface area contributed by atoms with Gasteiger partial charge in [0, 0.05) is 6.04 Å². The van der Waals surface area contributed by atoms with Crippen molar-refractivity contribution in [2.45, 2.75) is 38.3 Å². The Morgan fingerprint density at radius 1 is 1.29 bits per heavy atom. The summed E-state index contributed by atoms with van der Waals surface area (Å²) in [7, 11) is 0. The van der Waals surface area contributed by atoms with Crippen LogP contribution in [0, 0.1) is 5.82 Å². The molecule has 17 heavy (non-hydrogen) atoms. The van der Waals surface area contributed by atoms with E-state index in [9.17, 15) is 4.39 Å². The maximum absolute atomic E-state index is 13.5. The van der Waals surface area contributed by atoms with Crippen molar-refractivity contribution in [1.82, 2.24) is 5.32 Å². The third kappa shape index (κ3) is 2.20. The average molecular weight is 233 g/mol. The molecule has 0 amide bonds. The molecule has 0 unspecified atom stereocenters. The minimum atomic E-state index is -0.210. The molecular weight excluding hydrogens is 217 g/mol. The Kier molecular flexibility index (Phi) is 2.85. The van der Waals surface area contributed by atoms with Crippen LogP contribution in [0.25, 0.3) is 11.0 Å². The zero-order valence-corrected chi connectivity index (χ0v) is 9.71. The van der Waals surface area contributed by atoms with Gasteiger partial charge in [0.15, 0.2) is 0 Å². The minimum Gasteiger partial charge on any atom is -0.460 e. The van der Waals surface area contributed by atoms with Crippen molar-refractivity contribution >= 4 is 11.0 Å². The van der Waals surface area contributed by atoms with E-state index in [0.717, 1.165) is 5.76 Å². The smallest absolute Gasteiger partial charge is 0.137 e. The summed E-state index contributed by atoms with van der Waals surface area (Å²) in [5.41, 5.74) is 0.633. The zero-order chi connectivity index (χ0) is 11.7. The number of fused-ring (bicyclic) bond motifs is 1. The maximum Gasteiger partial charge on any atom is 0.137 e. The Balaban J connectivity index is 1.74. The van der Waals surface area contributed by atoms with Gasteiger partial charge < -0.3 is 9.73 Å². The molecule has 0 radical (unpaired) electrons. The standard InChI is InChI=1S/C14H16FNO/c15-13-6-3-7-14-12(13)8-11(17-14)9-16-10-4-1-2-5-10/h3,6-8,10,16H,1-2,4-5,9H2. The molecule has 1 fully saturated rings. The molecular formula is C14H16FNO. The molecule has 1 aromatic heterocycles. The van der Waals surface area contributed by atoms with E-state index in [4.69, 9.17) is 4.42 Å². The van der Waals surface area contributed by atoms with Crippen molar-refractivity contribution in [3.8, 4) is 0 Å². The summed E-state index contributed by atoms with van der Waals surface area (Å²) >= 11 is 0. The van der Waals surface area contributed by atoms with Crippen LogP contribution in [0.3, 0.4) is 0 Å². The zero-order valence-electron chi connectivity index (χ0n) is 9.71. The normalized spacial score (nSPS) is 17.0. The summed E-state index contributed by atoms with van der Waals surface area (Å²) in [6, 6.07) is 7.35. The Labute approximate surface area is 99.8 Å². The lowest BCUT2D eigenvalue weighted by Crippen LogP contribution is -2.24. The molecule has 3 heteroatoms. The molecule has 2 nitrogen and oxygen atoms in total. The highest BCUT2D eigenvalue weighted by Gasteiger charge is 2.15. The van der Waals surface area contributed by atoms with E-state index in [1.165, 1.54) is 31.7 Å². The van der Waals surface area contributed by atoms with E-state index in [2.05, 4.69) is 5.32 Å². The van der Waals surface area contributed by atoms with Gasteiger partial charge in [-0.3, -0.25) is 0 Å². The van der Waals surface area contributed by atoms with Crippen LogP contribution in [0.5, 0.6) is 0 Å². The summed E-state index contributed by atoms with van der Waals surface area (Å²) in [5, 5.41) is 4.04. The predicted octanol–water partition coefficient (Wildman–Crippen LogP) is 3.60. The monoisotopic (exact) mass is 233 g/mol. The van der Waals surface area contributed by atoms with Gasteiger partial charge in [-0.15, -0.1) is 0 Å². The summed E-state index contributed by atoms with van der Waals surface area (Å²) in [6.07, 6.45) is 5.11. The molecule has 90 valence electrons. The highest BCUT2D eigenvalue weighted by atomic mass is 19.1. The van der Waals surface area contributed by atoms with Gasteiger partial charge in [0.1, 0.15) is 17.2 Å². The molecule has 1 N–H and O–H groups in total. The van der Waals surface area contributed by atoms with Gasteiger partial charge in [-0.1, -0.05) is 18.9 Å². The SMILES string of the molecule is Fc1cccc2oc(CNC3CCCC3)cc12. The van der Waals surface area contributed by atoms with Crippen molar-refractivity contribution in [2.24, 2.45) is 0 Å². The fourth-order valence-electron chi connectivity index (χ4n) is 2.54. The van der Waals surface area contributed by atoms with Crippen molar-refractivity contribution in [3.63, 3.8) is 0 Å². The van der Waals surface area contributed by atoms with E-state index in [1.807, 2.05) is 0 Å². The lowest BCUT2D eigenvalue weighted by molar-refractivity contribution is 0.462. The first-order chi connectivity index (χ1) is 8.33. The summed E-state index contributed by atoms with van der Waals surface area (Å²) < 4.78 is 19.1. The van der Waals surface area contributed by atoms with Crippen molar-refractivity contribution in [2.75, 3.05) is 0 Å². The fourth-order valence-corrected chi connectivity index (χ4v) is 2.54.